The first-order valence-corrected chi connectivity index (χ1v) is 4.99. The Morgan fingerprint density at radius 2 is 2.14 bits per heavy atom. The van der Waals surface area contributed by atoms with Crippen LogP contribution in [0.25, 0.3) is 0 Å². The summed E-state index contributed by atoms with van der Waals surface area (Å²) in [6.07, 6.45) is 2.45. The van der Waals surface area contributed by atoms with Crippen LogP contribution in [0, 0.1) is 6.92 Å². The molecule has 5 heteroatoms. The normalized spacial score (nSPS) is 10.8. The lowest BCUT2D eigenvalue weighted by atomic mass is 10.3. The first-order chi connectivity index (χ1) is 6.79. The van der Waals surface area contributed by atoms with Crippen molar-refractivity contribution in [2.24, 2.45) is 5.73 Å². The third-order valence-corrected chi connectivity index (χ3v) is 2.16. The molecular weight excluding hydrogens is 180 g/mol. The van der Waals surface area contributed by atoms with Crippen LogP contribution in [0.15, 0.2) is 0 Å². The zero-order valence-corrected chi connectivity index (χ0v) is 8.61. The molecule has 14 heavy (non-hydrogen) atoms. The van der Waals surface area contributed by atoms with Gasteiger partial charge in [0.25, 0.3) is 0 Å². The van der Waals surface area contributed by atoms with Crippen LogP contribution in [0.2, 0.25) is 0 Å². The van der Waals surface area contributed by atoms with E-state index in [9.17, 15) is 0 Å². The largest absolute Gasteiger partial charge is 0.396 e. The molecule has 0 aliphatic rings. The first kappa shape index (κ1) is 11.1. The highest BCUT2D eigenvalue weighted by molar-refractivity contribution is 4.94. The van der Waals surface area contributed by atoms with Crippen molar-refractivity contribution in [1.82, 2.24) is 14.8 Å². The molecule has 80 valence electrons. The lowest BCUT2D eigenvalue weighted by Crippen LogP contribution is -2.10. The Hall–Kier alpha value is -0.940. The predicted octanol–water partition coefficient (Wildman–Crippen LogP) is -0.140. The summed E-state index contributed by atoms with van der Waals surface area (Å²) in [6, 6.07) is 0. The van der Waals surface area contributed by atoms with Gasteiger partial charge in [-0.05, 0) is 26.3 Å². The van der Waals surface area contributed by atoms with Gasteiger partial charge in [-0.3, -0.25) is 0 Å². The molecule has 1 aromatic heterocycles. The second kappa shape index (κ2) is 5.72. The van der Waals surface area contributed by atoms with Crippen LogP contribution in [0.5, 0.6) is 0 Å². The smallest absolute Gasteiger partial charge is 0.133 e. The molecule has 5 nitrogen and oxygen atoms in total. The van der Waals surface area contributed by atoms with Gasteiger partial charge in [-0.15, -0.1) is 10.2 Å². The Morgan fingerprint density at radius 3 is 2.79 bits per heavy atom. The predicted molar refractivity (Wildman–Crippen MR) is 53.8 cm³/mol. The van der Waals surface area contributed by atoms with Gasteiger partial charge in [0, 0.05) is 19.6 Å². The van der Waals surface area contributed by atoms with Crippen LogP contribution in [-0.4, -0.2) is 33.0 Å². The minimum Gasteiger partial charge on any atom is -0.396 e. The van der Waals surface area contributed by atoms with Crippen molar-refractivity contribution < 1.29 is 5.11 Å². The van der Waals surface area contributed by atoms with Gasteiger partial charge < -0.3 is 15.4 Å². The van der Waals surface area contributed by atoms with Crippen molar-refractivity contribution in [3.63, 3.8) is 0 Å². The zero-order chi connectivity index (χ0) is 10.4. The lowest BCUT2D eigenvalue weighted by Gasteiger charge is -2.06. The Kier molecular flexibility index (Phi) is 4.55. The summed E-state index contributed by atoms with van der Waals surface area (Å²) in [5.74, 6) is 1.87. The van der Waals surface area contributed by atoms with Gasteiger partial charge >= 0.3 is 0 Å². The number of hydrogen-bond acceptors (Lipinski definition) is 4. The molecule has 0 saturated carbocycles. The van der Waals surface area contributed by atoms with Gasteiger partial charge in [-0.25, -0.2) is 0 Å². The van der Waals surface area contributed by atoms with Gasteiger partial charge in [-0.2, -0.15) is 0 Å². The molecule has 3 N–H and O–H groups in total. The molecule has 0 unspecified atom stereocenters. The molecule has 0 aliphatic heterocycles. The molecule has 0 bridgehead atoms. The second-order valence-corrected chi connectivity index (χ2v) is 3.28. The van der Waals surface area contributed by atoms with Crippen molar-refractivity contribution in [3.8, 4) is 0 Å². The third kappa shape index (κ3) is 2.78. The van der Waals surface area contributed by atoms with Gasteiger partial charge in [0.05, 0.1) is 0 Å². The Bertz CT molecular complexity index is 272. The fraction of sp³-hybridized carbons (Fsp3) is 0.778. The average Bonchev–Trinajstić information content (AvgIpc) is 2.53. The molecule has 1 heterocycles. The van der Waals surface area contributed by atoms with E-state index in [1.165, 1.54) is 0 Å². The van der Waals surface area contributed by atoms with Crippen LogP contribution in [0.4, 0.5) is 0 Å². The second-order valence-electron chi connectivity index (χ2n) is 3.28. The van der Waals surface area contributed by atoms with E-state index in [1.807, 2.05) is 6.92 Å². The molecule has 1 aromatic rings. The maximum atomic E-state index is 8.72. The molecule has 1 rings (SSSR count). The zero-order valence-electron chi connectivity index (χ0n) is 8.61. The summed E-state index contributed by atoms with van der Waals surface area (Å²) in [5.41, 5.74) is 5.45. The SMILES string of the molecule is Cc1nnc(CCCO)n1CCCN. The monoisotopic (exact) mass is 198 g/mol. The molecule has 0 fully saturated rings. The summed E-state index contributed by atoms with van der Waals surface area (Å²) in [5, 5.41) is 16.8. The van der Waals surface area contributed by atoms with Crippen LogP contribution in [-0.2, 0) is 13.0 Å². The van der Waals surface area contributed by atoms with Crippen LogP contribution < -0.4 is 5.73 Å². The molecule has 0 aliphatic carbocycles. The van der Waals surface area contributed by atoms with E-state index in [0.29, 0.717) is 6.54 Å². The fourth-order valence-corrected chi connectivity index (χ4v) is 1.39. The van der Waals surface area contributed by atoms with E-state index in [-0.39, 0.29) is 6.61 Å². The van der Waals surface area contributed by atoms with E-state index in [0.717, 1.165) is 37.5 Å². The highest BCUT2D eigenvalue weighted by atomic mass is 16.2. The van der Waals surface area contributed by atoms with Crippen molar-refractivity contribution >= 4 is 0 Å². The number of aryl methyl sites for hydroxylation is 2. The molecule has 0 spiro atoms. The topological polar surface area (TPSA) is 77.0 Å². The maximum absolute atomic E-state index is 8.72. The highest BCUT2D eigenvalue weighted by Gasteiger charge is 2.06. The number of hydrogen-bond donors (Lipinski definition) is 2. The van der Waals surface area contributed by atoms with Gasteiger partial charge in [0.2, 0.25) is 0 Å². The molecular formula is C9H18N4O. The number of rotatable bonds is 6. The van der Waals surface area contributed by atoms with Crippen LogP contribution in [0.3, 0.4) is 0 Å². The number of aliphatic hydroxyl groups is 1. The molecule has 0 radical (unpaired) electrons. The first-order valence-electron chi connectivity index (χ1n) is 4.99. The van der Waals surface area contributed by atoms with E-state index >= 15 is 0 Å². The van der Waals surface area contributed by atoms with Gasteiger partial charge in [0.15, 0.2) is 0 Å². The Morgan fingerprint density at radius 1 is 1.36 bits per heavy atom. The average molecular weight is 198 g/mol. The lowest BCUT2D eigenvalue weighted by molar-refractivity contribution is 0.286. The number of nitrogens with zero attached hydrogens (tertiary/aromatic N) is 3. The molecule has 0 saturated heterocycles. The number of aliphatic hydroxyl groups excluding tert-OH is 1. The fourth-order valence-electron chi connectivity index (χ4n) is 1.39. The van der Waals surface area contributed by atoms with Crippen molar-refractivity contribution in [2.45, 2.75) is 32.7 Å². The van der Waals surface area contributed by atoms with Crippen molar-refractivity contribution in [2.75, 3.05) is 13.2 Å². The van der Waals surface area contributed by atoms with Crippen LogP contribution >= 0.6 is 0 Å². The molecule has 0 atom stereocenters. The number of nitrogens with two attached hydrogens (primary N) is 1. The van der Waals surface area contributed by atoms with E-state index in [2.05, 4.69) is 14.8 Å². The standard InChI is InChI=1S/C9H18N4O/c1-8-11-12-9(4-2-7-14)13(8)6-3-5-10/h14H,2-7,10H2,1H3. The van der Waals surface area contributed by atoms with Crippen molar-refractivity contribution in [1.29, 1.82) is 0 Å². The Labute approximate surface area is 83.9 Å². The minimum atomic E-state index is 0.197. The summed E-state index contributed by atoms with van der Waals surface area (Å²) in [4.78, 5) is 0. The Balaban J connectivity index is 2.62. The summed E-state index contributed by atoms with van der Waals surface area (Å²) in [7, 11) is 0. The quantitative estimate of drug-likeness (QED) is 0.667. The van der Waals surface area contributed by atoms with Gasteiger partial charge in [-0.1, -0.05) is 0 Å². The minimum absolute atomic E-state index is 0.197. The summed E-state index contributed by atoms with van der Waals surface area (Å²) < 4.78 is 2.07. The number of aromatic nitrogens is 3. The van der Waals surface area contributed by atoms with E-state index < -0.39 is 0 Å². The third-order valence-electron chi connectivity index (χ3n) is 2.16. The van der Waals surface area contributed by atoms with Gasteiger partial charge in [0.1, 0.15) is 11.6 Å². The molecule has 0 aromatic carbocycles. The van der Waals surface area contributed by atoms with E-state index in [4.69, 9.17) is 10.8 Å². The highest BCUT2D eigenvalue weighted by Crippen LogP contribution is 2.04. The molecule has 0 amide bonds. The van der Waals surface area contributed by atoms with Crippen LogP contribution in [0.1, 0.15) is 24.5 Å². The maximum Gasteiger partial charge on any atom is 0.133 e. The summed E-state index contributed by atoms with van der Waals surface area (Å²) >= 11 is 0. The summed E-state index contributed by atoms with van der Waals surface area (Å²) in [6.45, 7) is 3.68. The van der Waals surface area contributed by atoms with Crippen molar-refractivity contribution in [3.05, 3.63) is 11.6 Å². The van der Waals surface area contributed by atoms with E-state index in [1.54, 1.807) is 0 Å².